The quantitative estimate of drug-likeness (QED) is 0.347. The molecule has 1 aromatic carbocycles. The predicted molar refractivity (Wildman–Crippen MR) is 125 cm³/mol. The molecule has 1 aliphatic carbocycles. The van der Waals surface area contributed by atoms with Crippen molar-refractivity contribution in [3.8, 4) is 0 Å². The maximum absolute atomic E-state index is 13.2. The van der Waals surface area contributed by atoms with Crippen LogP contribution in [0.5, 0.6) is 0 Å². The summed E-state index contributed by atoms with van der Waals surface area (Å²) in [6, 6.07) is 5.13. The van der Waals surface area contributed by atoms with E-state index < -0.39 is 32.5 Å². The van der Waals surface area contributed by atoms with Gasteiger partial charge in [0.25, 0.3) is 5.91 Å². The number of carbonyl (C=O) groups is 1. The average molecular weight is 519 g/mol. The van der Waals surface area contributed by atoms with Gasteiger partial charge in [0.2, 0.25) is 0 Å². The van der Waals surface area contributed by atoms with Crippen molar-refractivity contribution >= 4 is 32.7 Å². The Morgan fingerprint density at radius 2 is 1.77 bits per heavy atom. The molecule has 2 aromatic heterocycles. The molecule has 0 unspecified atom stereocenters. The standard InChI is InChI=1S/C23H27F5N4O2S/c1-14-7-9-16(10-8-14)32-13-15-11-20(17(23(2,3)34)12-19(15)31-32)30-22(33)18-5-4-6-21(29-18)35(24,25,26,27)28/h4-6,11-14,16,34H,7-10H2,1-3H3,(H,30,33). The third-order valence-corrected chi connectivity index (χ3v) is 7.30. The summed E-state index contributed by atoms with van der Waals surface area (Å²) in [4.78, 5) is 15.6. The van der Waals surface area contributed by atoms with Gasteiger partial charge >= 0.3 is 10.2 Å². The van der Waals surface area contributed by atoms with Crippen LogP contribution in [0.4, 0.5) is 25.1 Å². The number of aliphatic hydroxyl groups is 1. The van der Waals surface area contributed by atoms with E-state index in [1.807, 2.05) is 10.9 Å². The lowest BCUT2D eigenvalue weighted by Gasteiger charge is -2.39. The Labute approximate surface area is 199 Å². The van der Waals surface area contributed by atoms with E-state index in [1.165, 1.54) is 13.8 Å². The molecule has 3 aromatic rings. The number of aromatic nitrogens is 3. The average Bonchev–Trinajstić information content (AvgIpc) is 3.14. The van der Waals surface area contributed by atoms with Crippen LogP contribution in [0, 0.1) is 5.92 Å². The van der Waals surface area contributed by atoms with Crippen LogP contribution in [-0.4, -0.2) is 25.8 Å². The summed E-state index contributed by atoms with van der Waals surface area (Å²) in [5.74, 6) is -0.460. The molecular formula is C23H27F5N4O2S. The van der Waals surface area contributed by atoms with Gasteiger partial charge in [0.15, 0.2) is 5.03 Å². The number of carbonyl (C=O) groups excluding carboxylic acids is 1. The Morgan fingerprint density at radius 1 is 1.11 bits per heavy atom. The lowest BCUT2D eigenvalue weighted by molar-refractivity contribution is 0.0793. The molecule has 6 nitrogen and oxygen atoms in total. The minimum absolute atomic E-state index is 0.117. The fraction of sp³-hybridized carbons (Fsp3) is 0.435. The molecule has 12 heteroatoms. The van der Waals surface area contributed by atoms with E-state index in [2.05, 4.69) is 22.3 Å². The Balaban J connectivity index is 1.70. The van der Waals surface area contributed by atoms with Gasteiger partial charge in [-0.2, -0.15) is 5.10 Å². The van der Waals surface area contributed by atoms with Crippen LogP contribution in [-0.2, 0) is 5.60 Å². The first kappa shape index (κ1) is 25.4. The lowest BCUT2D eigenvalue weighted by atomic mass is 9.87. The number of pyridine rings is 1. The molecule has 1 amide bonds. The molecular weight excluding hydrogens is 491 g/mol. The number of hydrogen-bond acceptors (Lipinski definition) is 4. The molecule has 0 aliphatic heterocycles. The molecule has 1 aliphatic rings. The number of amides is 1. The van der Waals surface area contributed by atoms with Crippen LogP contribution in [0.15, 0.2) is 41.6 Å². The summed E-state index contributed by atoms with van der Waals surface area (Å²) in [6.07, 6.45) is 5.95. The molecule has 1 fully saturated rings. The van der Waals surface area contributed by atoms with Gasteiger partial charge in [-0.25, -0.2) is 4.98 Å². The highest BCUT2D eigenvalue weighted by Gasteiger charge is 2.67. The summed E-state index contributed by atoms with van der Waals surface area (Å²) < 4.78 is 67.6. The second kappa shape index (κ2) is 7.63. The van der Waals surface area contributed by atoms with E-state index in [-0.39, 0.29) is 23.4 Å². The smallest absolute Gasteiger partial charge is 0.325 e. The molecule has 0 atom stereocenters. The molecule has 1 saturated carbocycles. The first-order valence-electron chi connectivity index (χ1n) is 11.2. The summed E-state index contributed by atoms with van der Waals surface area (Å²) in [7, 11) is -10.1. The van der Waals surface area contributed by atoms with Crippen molar-refractivity contribution in [2.24, 2.45) is 5.92 Å². The molecule has 0 bridgehead atoms. The SMILES string of the molecule is CC1CCC(n2cc3cc(NC(=O)c4cccc(S(F)(F)(F)(F)F)n4)c(C(C)(C)O)cc3n2)CC1. The third-order valence-electron chi connectivity index (χ3n) is 6.28. The van der Waals surface area contributed by atoms with E-state index in [4.69, 9.17) is 0 Å². The summed E-state index contributed by atoms with van der Waals surface area (Å²) >= 11 is 0. The number of hydrogen-bond donors (Lipinski definition) is 2. The van der Waals surface area contributed by atoms with Gasteiger partial charge in [-0.05, 0) is 69.7 Å². The van der Waals surface area contributed by atoms with E-state index in [0.29, 0.717) is 22.9 Å². The molecule has 2 N–H and O–H groups in total. The topological polar surface area (TPSA) is 80.0 Å². The number of nitrogens with one attached hydrogen (secondary N) is 1. The van der Waals surface area contributed by atoms with Crippen molar-refractivity contribution in [2.75, 3.05) is 5.32 Å². The van der Waals surface area contributed by atoms with E-state index >= 15 is 0 Å². The van der Waals surface area contributed by atoms with Gasteiger partial charge in [-0.3, -0.25) is 9.48 Å². The van der Waals surface area contributed by atoms with Crippen molar-refractivity contribution in [1.29, 1.82) is 0 Å². The number of fused-ring (bicyclic) bond motifs is 1. The van der Waals surface area contributed by atoms with Crippen LogP contribution in [0.3, 0.4) is 0 Å². The first-order valence-corrected chi connectivity index (χ1v) is 13.1. The second-order valence-electron chi connectivity index (χ2n) is 9.82. The molecule has 4 rings (SSSR count). The molecule has 35 heavy (non-hydrogen) atoms. The van der Waals surface area contributed by atoms with Crippen LogP contribution < -0.4 is 5.32 Å². The monoisotopic (exact) mass is 518 g/mol. The zero-order chi connectivity index (χ0) is 25.9. The first-order chi connectivity index (χ1) is 15.9. The Morgan fingerprint density at radius 3 is 2.37 bits per heavy atom. The van der Waals surface area contributed by atoms with Crippen molar-refractivity contribution in [1.82, 2.24) is 14.8 Å². The van der Waals surface area contributed by atoms with Gasteiger partial charge in [0, 0.05) is 22.8 Å². The second-order valence-corrected chi connectivity index (χ2v) is 12.2. The number of nitrogens with zero attached hydrogens (tertiary/aromatic N) is 3. The largest absolute Gasteiger partial charge is 0.386 e. The normalized spacial score (nSPS) is 21.4. The summed E-state index contributed by atoms with van der Waals surface area (Å²) in [5, 5.41) is 16.0. The van der Waals surface area contributed by atoms with Gasteiger partial charge < -0.3 is 10.4 Å². The van der Waals surface area contributed by atoms with Gasteiger partial charge in [-0.15, -0.1) is 0 Å². The molecule has 2 heterocycles. The highest BCUT2D eigenvalue weighted by Crippen LogP contribution is 3.01. The minimum Gasteiger partial charge on any atom is -0.386 e. The van der Waals surface area contributed by atoms with Crippen molar-refractivity contribution in [3.05, 3.63) is 47.8 Å². The zero-order valence-electron chi connectivity index (χ0n) is 19.4. The molecule has 0 saturated heterocycles. The number of anilines is 1. The minimum atomic E-state index is -10.1. The maximum Gasteiger partial charge on any atom is 0.325 e. The Bertz CT molecular complexity index is 1290. The predicted octanol–water partition coefficient (Wildman–Crippen LogP) is 7.32. The summed E-state index contributed by atoms with van der Waals surface area (Å²) in [6.45, 7) is 5.18. The van der Waals surface area contributed by atoms with Gasteiger partial charge in [-0.1, -0.05) is 32.4 Å². The third kappa shape index (κ3) is 5.58. The van der Waals surface area contributed by atoms with Crippen molar-refractivity contribution in [3.63, 3.8) is 0 Å². The molecule has 192 valence electrons. The highest BCUT2D eigenvalue weighted by atomic mass is 32.5. The van der Waals surface area contributed by atoms with E-state index in [0.717, 1.165) is 31.7 Å². The van der Waals surface area contributed by atoms with Crippen LogP contribution in [0.25, 0.3) is 10.9 Å². The fourth-order valence-corrected chi connectivity index (χ4v) is 4.94. The van der Waals surface area contributed by atoms with E-state index in [1.54, 1.807) is 12.1 Å². The Hall–Kier alpha value is -2.73. The number of benzene rings is 1. The van der Waals surface area contributed by atoms with Crippen LogP contribution in [0.1, 0.15) is 68.5 Å². The van der Waals surface area contributed by atoms with Gasteiger partial charge in [0.05, 0.1) is 17.2 Å². The van der Waals surface area contributed by atoms with Crippen LogP contribution in [0.2, 0.25) is 0 Å². The number of halogens is 5. The van der Waals surface area contributed by atoms with E-state index in [9.17, 15) is 29.3 Å². The maximum atomic E-state index is 13.2. The summed E-state index contributed by atoms with van der Waals surface area (Å²) in [5.41, 5.74) is -1.31. The lowest BCUT2D eigenvalue weighted by Crippen LogP contribution is -2.22. The van der Waals surface area contributed by atoms with Crippen LogP contribution >= 0.6 is 10.2 Å². The van der Waals surface area contributed by atoms with Crippen molar-refractivity contribution in [2.45, 2.75) is 63.1 Å². The molecule has 0 radical (unpaired) electrons. The highest BCUT2D eigenvalue weighted by molar-refractivity contribution is 8.45. The van der Waals surface area contributed by atoms with Gasteiger partial charge in [0.1, 0.15) is 5.69 Å². The Kier molecular flexibility index (Phi) is 5.53. The molecule has 0 spiro atoms. The fourth-order valence-electron chi connectivity index (χ4n) is 4.34. The number of rotatable bonds is 5. The zero-order valence-corrected chi connectivity index (χ0v) is 20.3. The van der Waals surface area contributed by atoms with Crippen molar-refractivity contribution < 1.29 is 29.3 Å².